The zero-order valence-corrected chi connectivity index (χ0v) is 24.9. The molecule has 0 unspecified atom stereocenters. The molecule has 0 bridgehead atoms. The van der Waals surface area contributed by atoms with Gasteiger partial charge in [0.25, 0.3) is 0 Å². The van der Waals surface area contributed by atoms with Crippen molar-refractivity contribution in [1.82, 2.24) is 24.6 Å². The monoisotopic (exact) mass is 608 g/mol. The number of nitrogens with zero attached hydrogens (tertiary/aromatic N) is 4. The number of anilines is 1. The molecule has 2 aromatic heterocycles. The van der Waals surface area contributed by atoms with E-state index in [0.29, 0.717) is 0 Å². The third kappa shape index (κ3) is 6.93. The number of nitrogens with one attached hydrogen (secondary N) is 2. The molecule has 14 nitrogen and oxygen atoms in total. The van der Waals surface area contributed by atoms with E-state index < -0.39 is 56.6 Å². The molecule has 228 valence electrons. The quantitative estimate of drug-likeness (QED) is 0.214. The maximum atomic E-state index is 16.1. The number of carbonyl (C=O) groups is 2. The first-order valence-corrected chi connectivity index (χ1v) is 14.7. The number of hydrogen-bond donors (Lipinski definition) is 3. The Morgan fingerprint density at radius 1 is 1.24 bits per heavy atom. The van der Waals surface area contributed by atoms with Gasteiger partial charge in [0, 0.05) is 6.92 Å². The van der Waals surface area contributed by atoms with Gasteiger partial charge in [0.2, 0.25) is 5.91 Å². The van der Waals surface area contributed by atoms with E-state index in [-0.39, 0.29) is 34.5 Å². The lowest BCUT2D eigenvalue weighted by atomic mass is 9.98. The smallest absolute Gasteiger partial charge is 0.459 e. The van der Waals surface area contributed by atoms with Crippen molar-refractivity contribution < 1.29 is 42.2 Å². The van der Waals surface area contributed by atoms with Crippen LogP contribution in [0.1, 0.15) is 46.7 Å². The predicted octanol–water partition coefficient (Wildman–Crippen LogP) is 3.21. The molecule has 1 aromatic carbocycles. The number of amides is 1. The molecule has 1 amide bonds. The number of hydrogen-bond acceptors (Lipinski definition) is 11. The fourth-order valence-corrected chi connectivity index (χ4v) is 5.81. The fourth-order valence-electron chi connectivity index (χ4n) is 4.31. The van der Waals surface area contributed by atoms with Gasteiger partial charge in [0.05, 0.1) is 19.0 Å². The summed E-state index contributed by atoms with van der Waals surface area (Å²) < 4.78 is 53.4. The van der Waals surface area contributed by atoms with Gasteiger partial charge in [-0.1, -0.05) is 18.2 Å². The van der Waals surface area contributed by atoms with E-state index in [4.69, 9.17) is 18.5 Å². The SMILES string of the molecule is CC(=O)Nc1nc(C)nc2c1ncn2[C@@H]1O[C@H](CO[P@@](=O)(N[C@@H](C)C(=O)OC(C)C)Oc2ccccc2)[C@@H](O)[C@@]1(C)F. The second kappa shape index (κ2) is 12.4. The van der Waals surface area contributed by atoms with Crippen molar-refractivity contribution in [3.8, 4) is 5.75 Å². The van der Waals surface area contributed by atoms with Gasteiger partial charge in [0.1, 0.15) is 29.8 Å². The van der Waals surface area contributed by atoms with Crippen molar-refractivity contribution in [1.29, 1.82) is 0 Å². The molecule has 0 aliphatic carbocycles. The number of esters is 1. The molecule has 3 heterocycles. The van der Waals surface area contributed by atoms with Crippen LogP contribution in [0.15, 0.2) is 36.7 Å². The molecule has 0 radical (unpaired) electrons. The second-order valence-corrected chi connectivity index (χ2v) is 12.0. The number of ether oxygens (including phenoxy) is 2. The molecular weight excluding hydrogens is 574 g/mol. The van der Waals surface area contributed by atoms with Crippen molar-refractivity contribution in [2.75, 3.05) is 11.9 Å². The van der Waals surface area contributed by atoms with Crippen molar-refractivity contribution in [3.05, 3.63) is 42.5 Å². The number of halogens is 1. The summed E-state index contributed by atoms with van der Waals surface area (Å²) >= 11 is 0. The van der Waals surface area contributed by atoms with Gasteiger partial charge in [-0.15, -0.1) is 0 Å². The van der Waals surface area contributed by atoms with E-state index in [1.165, 1.54) is 36.9 Å². The van der Waals surface area contributed by atoms with Crippen LogP contribution in [0.4, 0.5) is 10.2 Å². The molecule has 6 atom stereocenters. The average molecular weight is 609 g/mol. The highest BCUT2D eigenvalue weighted by molar-refractivity contribution is 7.52. The van der Waals surface area contributed by atoms with Gasteiger partial charge in [-0.25, -0.2) is 23.9 Å². The van der Waals surface area contributed by atoms with Gasteiger partial charge in [-0.3, -0.25) is 18.7 Å². The second-order valence-electron chi connectivity index (χ2n) is 10.3. The van der Waals surface area contributed by atoms with Crippen LogP contribution in [0.5, 0.6) is 5.75 Å². The molecule has 42 heavy (non-hydrogen) atoms. The van der Waals surface area contributed by atoms with Crippen LogP contribution in [-0.2, 0) is 28.2 Å². The molecule has 1 aliphatic rings. The van der Waals surface area contributed by atoms with Gasteiger partial charge >= 0.3 is 13.7 Å². The van der Waals surface area contributed by atoms with Gasteiger partial charge in [-0.05, 0) is 46.8 Å². The van der Waals surface area contributed by atoms with E-state index in [2.05, 4.69) is 25.4 Å². The average Bonchev–Trinajstić information content (AvgIpc) is 3.40. The summed E-state index contributed by atoms with van der Waals surface area (Å²) in [5.74, 6) is -0.484. The Bertz CT molecular complexity index is 1490. The summed E-state index contributed by atoms with van der Waals surface area (Å²) in [6.07, 6.45) is -3.66. The Labute approximate surface area is 241 Å². The lowest BCUT2D eigenvalue weighted by molar-refractivity contribution is -0.149. The van der Waals surface area contributed by atoms with Crippen molar-refractivity contribution >= 4 is 36.6 Å². The van der Waals surface area contributed by atoms with Crippen molar-refractivity contribution in [2.24, 2.45) is 0 Å². The number of benzene rings is 1. The minimum atomic E-state index is -4.31. The Hall–Kier alpha value is -3.49. The fraction of sp³-hybridized carbons (Fsp3) is 0.500. The molecule has 4 rings (SSSR count). The summed E-state index contributed by atoms with van der Waals surface area (Å²) in [5, 5.41) is 16.0. The van der Waals surface area contributed by atoms with Gasteiger partial charge in [-0.2, -0.15) is 5.09 Å². The third-order valence-electron chi connectivity index (χ3n) is 6.23. The van der Waals surface area contributed by atoms with Crippen LogP contribution >= 0.6 is 7.75 Å². The Morgan fingerprint density at radius 2 is 1.93 bits per heavy atom. The van der Waals surface area contributed by atoms with E-state index in [1.807, 2.05) is 0 Å². The summed E-state index contributed by atoms with van der Waals surface area (Å²) in [7, 11) is -4.31. The van der Waals surface area contributed by atoms with Crippen molar-refractivity contribution in [3.63, 3.8) is 0 Å². The Morgan fingerprint density at radius 3 is 2.57 bits per heavy atom. The van der Waals surface area contributed by atoms with Crippen LogP contribution in [0.3, 0.4) is 0 Å². The van der Waals surface area contributed by atoms with Crippen molar-refractivity contribution in [2.45, 2.75) is 77.8 Å². The number of para-hydroxylation sites is 1. The zero-order chi connectivity index (χ0) is 30.8. The number of aliphatic hydroxyl groups excluding tert-OH is 1. The molecule has 1 aliphatic heterocycles. The van der Waals surface area contributed by atoms with Crippen LogP contribution in [0.25, 0.3) is 11.2 Å². The number of carbonyl (C=O) groups excluding carboxylic acids is 2. The first kappa shape index (κ1) is 31.4. The highest BCUT2D eigenvalue weighted by atomic mass is 31.2. The normalized spacial score (nSPS) is 24.4. The molecule has 1 saturated heterocycles. The number of alkyl halides is 1. The Kier molecular flexibility index (Phi) is 9.28. The standard InChI is InChI=1S/C26H34FN6O8P/c1-14(2)39-24(36)15(3)32-42(37,41-18-10-8-7-9-11-18)38-12-19-21(35)26(6,27)25(40-19)33-13-28-20-22(31-17(5)34)29-16(4)30-23(20)33/h7-11,13-15,19,21,25,35H,12H2,1-6H3,(H,32,37)(H,29,30,31,34)/t15-,19+,21+,25+,26+,42-/m0/s1. The number of imidazole rings is 1. The molecule has 3 aromatic rings. The topological polar surface area (TPSA) is 176 Å². The highest BCUT2D eigenvalue weighted by Crippen LogP contribution is 2.48. The maximum Gasteiger partial charge on any atom is 0.459 e. The number of aliphatic hydroxyl groups is 1. The first-order valence-electron chi connectivity index (χ1n) is 13.2. The zero-order valence-electron chi connectivity index (χ0n) is 24.0. The first-order chi connectivity index (χ1) is 19.7. The van der Waals surface area contributed by atoms with E-state index >= 15 is 4.39 Å². The van der Waals surface area contributed by atoms with Crippen LogP contribution in [0.2, 0.25) is 0 Å². The minimum Gasteiger partial charge on any atom is -0.462 e. The van der Waals surface area contributed by atoms with E-state index in [1.54, 1.807) is 39.0 Å². The summed E-state index contributed by atoms with van der Waals surface area (Å²) in [5.41, 5.74) is -2.04. The van der Waals surface area contributed by atoms with Gasteiger partial charge in [0.15, 0.2) is 28.9 Å². The number of aromatic nitrogens is 4. The summed E-state index contributed by atoms with van der Waals surface area (Å²) in [4.78, 5) is 36.8. The van der Waals surface area contributed by atoms with E-state index in [9.17, 15) is 19.3 Å². The van der Waals surface area contributed by atoms with Crippen LogP contribution < -0.4 is 14.9 Å². The molecule has 16 heteroatoms. The molecule has 0 spiro atoms. The number of aryl methyl sites for hydroxylation is 1. The number of rotatable bonds is 11. The summed E-state index contributed by atoms with van der Waals surface area (Å²) in [6.45, 7) is 8.21. The largest absolute Gasteiger partial charge is 0.462 e. The third-order valence-corrected chi connectivity index (χ3v) is 7.88. The molecule has 1 fully saturated rings. The van der Waals surface area contributed by atoms with Crippen LogP contribution in [0, 0.1) is 6.92 Å². The molecular formula is C26H34FN6O8P. The molecule has 0 saturated carbocycles. The number of fused-ring (bicyclic) bond motifs is 1. The lowest BCUT2D eigenvalue weighted by Gasteiger charge is -2.25. The summed E-state index contributed by atoms with van der Waals surface area (Å²) in [6, 6.07) is 6.99. The highest BCUT2D eigenvalue weighted by Gasteiger charge is 2.56. The molecule has 3 N–H and O–H groups in total. The van der Waals surface area contributed by atoms with E-state index in [0.717, 1.165) is 6.92 Å². The lowest BCUT2D eigenvalue weighted by Crippen LogP contribution is -2.41. The minimum absolute atomic E-state index is 0.137. The Balaban J connectivity index is 1.57. The predicted molar refractivity (Wildman–Crippen MR) is 148 cm³/mol. The van der Waals surface area contributed by atoms with Gasteiger partial charge < -0.3 is 24.4 Å². The van der Waals surface area contributed by atoms with Crippen LogP contribution in [-0.4, -0.2) is 73.1 Å². The maximum absolute atomic E-state index is 16.1.